The standard InChI is InChI=1S/C3H9NO6/c1-2-5-6-3-7-9-10-8-4/h2-4H2,1H3. The molecule has 0 bridgehead atoms. The van der Waals surface area contributed by atoms with Crippen LogP contribution in [0, 0.1) is 0 Å². The summed E-state index contributed by atoms with van der Waals surface area (Å²) >= 11 is 0. The maximum atomic E-state index is 4.38. The third-order valence-electron chi connectivity index (χ3n) is 0.413. The summed E-state index contributed by atoms with van der Waals surface area (Å²) in [4.78, 5) is 16.3. The molecule has 0 fully saturated rings. The molecule has 10 heavy (non-hydrogen) atoms. The zero-order valence-electron chi connectivity index (χ0n) is 5.44. The van der Waals surface area contributed by atoms with E-state index in [1.54, 1.807) is 6.92 Å². The van der Waals surface area contributed by atoms with E-state index in [1.807, 2.05) is 0 Å². The summed E-state index contributed by atoms with van der Waals surface area (Å²) in [5.74, 6) is 4.37. The number of hydrogen-bond acceptors (Lipinski definition) is 7. The normalized spacial score (nSPS) is 10.2. The highest BCUT2D eigenvalue weighted by molar-refractivity contribution is 3.92. The number of rotatable bonds is 7. The van der Waals surface area contributed by atoms with Crippen LogP contribution in [-0.2, 0) is 29.7 Å². The Morgan fingerprint density at radius 3 is 2.50 bits per heavy atom. The van der Waals surface area contributed by atoms with E-state index in [2.05, 4.69) is 35.6 Å². The van der Waals surface area contributed by atoms with Gasteiger partial charge in [0.15, 0.2) is 0 Å². The molecule has 0 saturated heterocycles. The Morgan fingerprint density at radius 2 is 1.90 bits per heavy atom. The Morgan fingerprint density at radius 1 is 1.10 bits per heavy atom. The highest BCUT2D eigenvalue weighted by atomic mass is 17.7. The minimum absolute atomic E-state index is 0.239. The Kier molecular flexibility index (Phi) is 8.48. The third-order valence-corrected chi connectivity index (χ3v) is 0.413. The van der Waals surface area contributed by atoms with Crippen molar-refractivity contribution in [3.05, 3.63) is 0 Å². The number of hydrogen-bond donors (Lipinski definition) is 1. The molecule has 0 radical (unpaired) electrons. The minimum Gasteiger partial charge on any atom is -0.235 e. The van der Waals surface area contributed by atoms with Gasteiger partial charge in [-0.15, -0.1) is 4.99 Å². The molecule has 0 aliphatic heterocycles. The molecule has 0 aliphatic rings. The third kappa shape index (κ3) is 7.72. The van der Waals surface area contributed by atoms with Crippen LogP contribution in [0.25, 0.3) is 0 Å². The zero-order chi connectivity index (χ0) is 7.66. The minimum atomic E-state index is -0.239. The lowest BCUT2D eigenvalue weighted by molar-refractivity contribution is -0.651. The van der Waals surface area contributed by atoms with Gasteiger partial charge in [0, 0.05) is 0 Å². The molecule has 62 valence electrons. The van der Waals surface area contributed by atoms with Gasteiger partial charge in [-0.2, -0.15) is 10.8 Å². The quantitative estimate of drug-likeness (QED) is 0.232. The lowest BCUT2D eigenvalue weighted by atomic mass is 10.9. The molecule has 7 heteroatoms. The number of nitrogens with two attached hydrogens (primary N) is 1. The van der Waals surface area contributed by atoms with Crippen molar-refractivity contribution in [1.82, 2.24) is 0 Å². The Hall–Kier alpha value is -0.280. The van der Waals surface area contributed by atoms with Crippen molar-refractivity contribution in [2.24, 2.45) is 5.90 Å². The molecular formula is C3H9NO6. The molecule has 0 heterocycles. The van der Waals surface area contributed by atoms with Crippen LogP contribution >= 0.6 is 0 Å². The maximum Gasteiger partial charge on any atom is 0.217 e. The highest BCUT2D eigenvalue weighted by Gasteiger charge is 1.88. The first-order valence-corrected chi connectivity index (χ1v) is 2.48. The molecule has 0 aromatic heterocycles. The van der Waals surface area contributed by atoms with Gasteiger partial charge < -0.3 is 0 Å². The molecule has 0 rings (SSSR count). The summed E-state index contributed by atoms with van der Waals surface area (Å²) in [6.45, 7) is 1.93. The predicted octanol–water partition coefficient (Wildman–Crippen LogP) is -0.403. The SMILES string of the molecule is CCOOCOOOON. The van der Waals surface area contributed by atoms with E-state index in [9.17, 15) is 0 Å². The molecule has 0 amide bonds. The van der Waals surface area contributed by atoms with Crippen LogP contribution in [0.5, 0.6) is 0 Å². The fourth-order valence-corrected chi connectivity index (χ4v) is 0.192. The first-order chi connectivity index (χ1) is 4.91. The second-order valence-electron chi connectivity index (χ2n) is 0.992. The molecule has 0 aromatic carbocycles. The summed E-state index contributed by atoms with van der Waals surface area (Å²) in [7, 11) is 0. The summed E-state index contributed by atoms with van der Waals surface area (Å²) in [6.07, 6.45) is 0. The van der Waals surface area contributed by atoms with Crippen molar-refractivity contribution in [1.29, 1.82) is 0 Å². The van der Waals surface area contributed by atoms with Crippen LogP contribution in [0.2, 0.25) is 0 Å². The van der Waals surface area contributed by atoms with Gasteiger partial charge >= 0.3 is 0 Å². The van der Waals surface area contributed by atoms with Gasteiger partial charge in [0.05, 0.1) is 6.61 Å². The van der Waals surface area contributed by atoms with Gasteiger partial charge in [0.25, 0.3) is 0 Å². The summed E-state index contributed by atoms with van der Waals surface area (Å²) in [5.41, 5.74) is 0. The first kappa shape index (κ1) is 9.72. The molecule has 0 saturated carbocycles. The monoisotopic (exact) mass is 155 g/mol. The molecule has 0 atom stereocenters. The fraction of sp³-hybridized carbons (Fsp3) is 1.00. The second-order valence-corrected chi connectivity index (χ2v) is 0.992. The zero-order valence-corrected chi connectivity index (χ0v) is 5.44. The van der Waals surface area contributed by atoms with Crippen LogP contribution in [0.1, 0.15) is 6.92 Å². The predicted molar refractivity (Wildman–Crippen MR) is 26.1 cm³/mol. The Bertz CT molecular complexity index is 53.0. The van der Waals surface area contributed by atoms with Crippen molar-refractivity contribution < 1.29 is 29.7 Å². The Labute approximate surface area is 57.2 Å². The molecular weight excluding hydrogens is 146 g/mol. The molecule has 7 nitrogen and oxygen atoms in total. The van der Waals surface area contributed by atoms with Crippen LogP contribution in [-0.4, -0.2) is 13.4 Å². The average Bonchev–Trinajstić information content (AvgIpc) is 1.97. The van der Waals surface area contributed by atoms with Gasteiger partial charge in [-0.3, -0.25) is 0 Å². The highest BCUT2D eigenvalue weighted by Crippen LogP contribution is 1.82. The lowest BCUT2D eigenvalue weighted by Crippen LogP contribution is -2.05. The lowest BCUT2D eigenvalue weighted by Gasteiger charge is -1.99. The van der Waals surface area contributed by atoms with Crippen molar-refractivity contribution in [3.63, 3.8) is 0 Å². The summed E-state index contributed by atoms with van der Waals surface area (Å²) in [6, 6.07) is 0. The molecule has 0 aliphatic carbocycles. The Balaban J connectivity index is 2.65. The van der Waals surface area contributed by atoms with E-state index in [0.717, 1.165) is 0 Å². The van der Waals surface area contributed by atoms with E-state index >= 15 is 0 Å². The molecule has 2 N–H and O–H groups in total. The van der Waals surface area contributed by atoms with E-state index < -0.39 is 0 Å². The summed E-state index contributed by atoms with van der Waals surface area (Å²) in [5, 5.41) is 7.41. The topological polar surface area (TPSA) is 81.4 Å². The van der Waals surface area contributed by atoms with Crippen LogP contribution in [0.3, 0.4) is 0 Å². The average molecular weight is 155 g/mol. The van der Waals surface area contributed by atoms with E-state index in [0.29, 0.717) is 6.61 Å². The van der Waals surface area contributed by atoms with Crippen LogP contribution in [0.4, 0.5) is 0 Å². The smallest absolute Gasteiger partial charge is 0.217 e. The van der Waals surface area contributed by atoms with Crippen molar-refractivity contribution >= 4 is 0 Å². The first-order valence-electron chi connectivity index (χ1n) is 2.48. The summed E-state index contributed by atoms with van der Waals surface area (Å²) < 4.78 is 0. The van der Waals surface area contributed by atoms with Crippen molar-refractivity contribution in [3.8, 4) is 0 Å². The van der Waals surface area contributed by atoms with E-state index in [4.69, 9.17) is 0 Å². The largest absolute Gasteiger partial charge is 0.235 e. The maximum absolute atomic E-state index is 4.38. The van der Waals surface area contributed by atoms with Gasteiger partial charge in [0.2, 0.25) is 6.79 Å². The van der Waals surface area contributed by atoms with Crippen molar-refractivity contribution in [2.45, 2.75) is 6.92 Å². The molecule has 0 aromatic rings. The van der Waals surface area contributed by atoms with Gasteiger partial charge in [0.1, 0.15) is 0 Å². The van der Waals surface area contributed by atoms with Crippen LogP contribution < -0.4 is 5.90 Å². The van der Waals surface area contributed by atoms with Crippen LogP contribution in [0.15, 0.2) is 0 Å². The van der Waals surface area contributed by atoms with Gasteiger partial charge in [-0.25, -0.2) is 9.78 Å². The second kappa shape index (κ2) is 8.72. The molecule has 0 unspecified atom stereocenters. The van der Waals surface area contributed by atoms with Gasteiger partial charge in [-0.05, 0) is 17.0 Å². The van der Waals surface area contributed by atoms with E-state index in [1.165, 1.54) is 0 Å². The molecule has 0 spiro atoms. The fourth-order valence-electron chi connectivity index (χ4n) is 0.192. The van der Waals surface area contributed by atoms with Crippen molar-refractivity contribution in [2.75, 3.05) is 13.4 Å². The van der Waals surface area contributed by atoms with E-state index in [-0.39, 0.29) is 6.79 Å². The van der Waals surface area contributed by atoms with Gasteiger partial charge in [-0.1, -0.05) is 0 Å².